The highest BCUT2D eigenvalue weighted by atomic mass is 32.2. The molecule has 1 aromatic heterocycles. The number of aromatic nitrogens is 1. The summed E-state index contributed by atoms with van der Waals surface area (Å²) in [5.41, 5.74) is 3.40. The summed E-state index contributed by atoms with van der Waals surface area (Å²) in [5, 5.41) is 1.22. The van der Waals surface area contributed by atoms with E-state index < -0.39 is 10.0 Å². The lowest BCUT2D eigenvalue weighted by Gasteiger charge is -2.32. The third-order valence-electron chi connectivity index (χ3n) is 3.93. The predicted octanol–water partition coefficient (Wildman–Crippen LogP) is 2.26. The Bertz CT molecular complexity index is 718. The maximum Gasteiger partial charge on any atom is 0.214 e. The van der Waals surface area contributed by atoms with Crippen molar-refractivity contribution in [2.45, 2.75) is 32.9 Å². The van der Waals surface area contributed by atoms with E-state index in [-0.39, 0.29) is 11.8 Å². The van der Waals surface area contributed by atoms with Crippen molar-refractivity contribution in [2.75, 3.05) is 5.75 Å². The van der Waals surface area contributed by atoms with Crippen molar-refractivity contribution in [1.82, 2.24) is 9.29 Å². The highest BCUT2D eigenvalue weighted by molar-refractivity contribution is 7.89. The van der Waals surface area contributed by atoms with Gasteiger partial charge in [-0.25, -0.2) is 8.42 Å². The summed E-state index contributed by atoms with van der Waals surface area (Å²) in [6, 6.07) is 8.18. The Kier molecular flexibility index (Phi) is 2.91. The third kappa shape index (κ3) is 1.97. The van der Waals surface area contributed by atoms with Crippen LogP contribution in [0.1, 0.15) is 25.1 Å². The average Bonchev–Trinajstić information content (AvgIpc) is 2.75. The molecule has 2 aromatic rings. The van der Waals surface area contributed by atoms with Crippen molar-refractivity contribution in [3.05, 3.63) is 35.5 Å². The summed E-state index contributed by atoms with van der Waals surface area (Å²) in [6.45, 7) is 4.14. The molecule has 0 bridgehead atoms. The van der Waals surface area contributed by atoms with Gasteiger partial charge in [0.1, 0.15) is 0 Å². The molecule has 19 heavy (non-hydrogen) atoms. The standard InChI is InChI=1S/C14H18N2O2S/c1-3-19(17,18)16-9-14-12(8-10(16)2)11-6-4-5-7-13(11)15-14/h4-7,10,15H,3,8-9H2,1-2H3. The fraction of sp³-hybridized carbons (Fsp3) is 0.429. The van der Waals surface area contributed by atoms with Gasteiger partial charge in [0.25, 0.3) is 0 Å². The van der Waals surface area contributed by atoms with Crippen molar-refractivity contribution in [3.63, 3.8) is 0 Å². The molecule has 0 radical (unpaired) electrons. The fourth-order valence-corrected chi connectivity index (χ4v) is 4.15. The molecule has 4 nitrogen and oxygen atoms in total. The van der Waals surface area contributed by atoms with Gasteiger partial charge in [-0.1, -0.05) is 18.2 Å². The molecule has 0 saturated carbocycles. The number of nitrogens with zero attached hydrogens (tertiary/aromatic N) is 1. The van der Waals surface area contributed by atoms with Gasteiger partial charge in [0.15, 0.2) is 0 Å². The van der Waals surface area contributed by atoms with Gasteiger partial charge in [-0.15, -0.1) is 0 Å². The first-order valence-electron chi connectivity index (χ1n) is 6.61. The highest BCUT2D eigenvalue weighted by Crippen LogP contribution is 2.31. The number of sulfonamides is 1. The van der Waals surface area contributed by atoms with Gasteiger partial charge in [-0.05, 0) is 31.9 Å². The summed E-state index contributed by atoms with van der Waals surface area (Å²) in [4.78, 5) is 3.36. The van der Waals surface area contributed by atoms with Crippen LogP contribution < -0.4 is 0 Å². The van der Waals surface area contributed by atoms with Gasteiger partial charge in [0.2, 0.25) is 10.0 Å². The van der Waals surface area contributed by atoms with E-state index in [1.54, 1.807) is 11.2 Å². The van der Waals surface area contributed by atoms with E-state index in [1.807, 2.05) is 25.1 Å². The number of nitrogens with one attached hydrogen (secondary N) is 1. The topological polar surface area (TPSA) is 53.2 Å². The van der Waals surface area contributed by atoms with Gasteiger partial charge in [0.05, 0.1) is 12.3 Å². The minimum Gasteiger partial charge on any atom is -0.357 e. The number of fused-ring (bicyclic) bond motifs is 3. The summed E-state index contributed by atoms with van der Waals surface area (Å²) in [7, 11) is -3.14. The second kappa shape index (κ2) is 4.35. The highest BCUT2D eigenvalue weighted by Gasteiger charge is 2.32. The Balaban J connectivity index is 2.09. The number of hydrogen-bond donors (Lipinski definition) is 1. The lowest BCUT2D eigenvalue weighted by molar-refractivity contribution is 0.308. The van der Waals surface area contributed by atoms with Crippen LogP contribution in [0.3, 0.4) is 0 Å². The van der Waals surface area contributed by atoms with E-state index in [9.17, 15) is 8.42 Å². The van der Waals surface area contributed by atoms with E-state index in [0.29, 0.717) is 6.54 Å². The summed E-state index contributed by atoms with van der Waals surface area (Å²) in [5.74, 6) is 0.160. The quantitative estimate of drug-likeness (QED) is 0.916. The van der Waals surface area contributed by atoms with Crippen LogP contribution in [0.2, 0.25) is 0 Å². The second-order valence-corrected chi connectivity index (χ2v) is 7.34. The minimum atomic E-state index is -3.14. The van der Waals surface area contributed by atoms with Crippen LogP contribution in [0.25, 0.3) is 10.9 Å². The Morgan fingerprint density at radius 3 is 2.84 bits per heavy atom. The zero-order valence-electron chi connectivity index (χ0n) is 11.2. The molecule has 0 saturated heterocycles. The molecule has 102 valence electrons. The fourth-order valence-electron chi connectivity index (χ4n) is 2.87. The van der Waals surface area contributed by atoms with Gasteiger partial charge >= 0.3 is 0 Å². The van der Waals surface area contributed by atoms with Gasteiger partial charge in [-0.2, -0.15) is 4.31 Å². The van der Waals surface area contributed by atoms with Crippen LogP contribution in [0, 0.1) is 0 Å². The number of rotatable bonds is 2. The molecule has 1 N–H and O–H groups in total. The van der Waals surface area contributed by atoms with E-state index in [2.05, 4.69) is 11.1 Å². The van der Waals surface area contributed by atoms with Gasteiger partial charge in [0, 0.05) is 22.6 Å². The Morgan fingerprint density at radius 2 is 2.11 bits per heavy atom. The molecule has 1 aliphatic rings. The number of H-pyrrole nitrogens is 1. The van der Waals surface area contributed by atoms with Crippen molar-refractivity contribution in [3.8, 4) is 0 Å². The maximum absolute atomic E-state index is 12.1. The zero-order chi connectivity index (χ0) is 13.6. The first-order valence-corrected chi connectivity index (χ1v) is 8.22. The summed E-state index contributed by atoms with van der Waals surface area (Å²) >= 11 is 0. The smallest absolute Gasteiger partial charge is 0.214 e. The number of aromatic amines is 1. The lowest BCUT2D eigenvalue weighted by Crippen LogP contribution is -2.43. The molecule has 0 fully saturated rings. The maximum atomic E-state index is 12.1. The monoisotopic (exact) mass is 278 g/mol. The van der Waals surface area contributed by atoms with E-state index in [1.165, 1.54) is 10.9 Å². The zero-order valence-corrected chi connectivity index (χ0v) is 12.0. The molecule has 0 aliphatic carbocycles. The molecule has 1 atom stereocenters. The Labute approximate surface area is 113 Å². The summed E-state index contributed by atoms with van der Waals surface area (Å²) in [6.07, 6.45) is 0.776. The molecule has 1 aliphatic heterocycles. The van der Waals surface area contributed by atoms with Crippen molar-refractivity contribution >= 4 is 20.9 Å². The third-order valence-corrected chi connectivity index (χ3v) is 5.86. The Hall–Kier alpha value is -1.33. The molecule has 1 aromatic carbocycles. The van der Waals surface area contributed by atoms with E-state index >= 15 is 0 Å². The normalized spacial score (nSPS) is 20.6. The van der Waals surface area contributed by atoms with Gasteiger partial charge in [-0.3, -0.25) is 0 Å². The molecule has 3 rings (SSSR count). The first kappa shape index (κ1) is 12.7. The molecule has 0 spiro atoms. The lowest BCUT2D eigenvalue weighted by atomic mass is 10.00. The van der Waals surface area contributed by atoms with Crippen molar-refractivity contribution in [2.24, 2.45) is 0 Å². The van der Waals surface area contributed by atoms with E-state index in [4.69, 9.17) is 0 Å². The number of hydrogen-bond acceptors (Lipinski definition) is 2. The van der Waals surface area contributed by atoms with Gasteiger partial charge < -0.3 is 4.98 Å². The van der Waals surface area contributed by atoms with Crippen LogP contribution in [-0.4, -0.2) is 29.5 Å². The molecule has 2 heterocycles. The van der Waals surface area contributed by atoms with Crippen molar-refractivity contribution < 1.29 is 8.42 Å². The number of benzene rings is 1. The van der Waals surface area contributed by atoms with Crippen LogP contribution in [0.5, 0.6) is 0 Å². The minimum absolute atomic E-state index is 0.0247. The molecular formula is C14H18N2O2S. The largest absolute Gasteiger partial charge is 0.357 e. The SMILES string of the molecule is CCS(=O)(=O)N1Cc2[nH]c3ccccc3c2CC1C. The first-order chi connectivity index (χ1) is 9.03. The predicted molar refractivity (Wildman–Crippen MR) is 76.5 cm³/mol. The average molecular weight is 278 g/mol. The molecule has 1 unspecified atom stereocenters. The summed E-state index contributed by atoms with van der Waals surface area (Å²) < 4.78 is 25.8. The Morgan fingerprint density at radius 1 is 1.37 bits per heavy atom. The second-order valence-electron chi connectivity index (χ2n) is 5.13. The van der Waals surface area contributed by atoms with Crippen LogP contribution >= 0.6 is 0 Å². The van der Waals surface area contributed by atoms with Crippen molar-refractivity contribution in [1.29, 1.82) is 0 Å². The van der Waals surface area contributed by atoms with Crippen LogP contribution in [0.4, 0.5) is 0 Å². The van der Waals surface area contributed by atoms with Crippen LogP contribution in [-0.2, 0) is 23.0 Å². The van der Waals surface area contributed by atoms with Crippen LogP contribution in [0.15, 0.2) is 24.3 Å². The molecule has 5 heteroatoms. The number of para-hydroxylation sites is 1. The van der Waals surface area contributed by atoms with E-state index in [0.717, 1.165) is 17.6 Å². The molecular weight excluding hydrogens is 260 g/mol. The molecule has 0 amide bonds.